The van der Waals surface area contributed by atoms with Crippen molar-refractivity contribution in [1.82, 2.24) is 0 Å². The number of hydrogen-bond acceptors (Lipinski definition) is 3. The average Bonchev–Trinajstić information content (AvgIpc) is 2.22. The SMILES string of the molecule is CC(C)(C)C(CNc1ccccc1)CS(=O)(=O)O. The summed E-state index contributed by atoms with van der Waals surface area (Å²) >= 11 is 0. The smallest absolute Gasteiger partial charge is 0.265 e. The van der Waals surface area contributed by atoms with E-state index in [1.165, 1.54) is 0 Å². The van der Waals surface area contributed by atoms with E-state index < -0.39 is 10.1 Å². The van der Waals surface area contributed by atoms with Crippen LogP contribution in [0.1, 0.15) is 20.8 Å². The molecule has 0 fully saturated rings. The molecule has 0 saturated heterocycles. The molecule has 102 valence electrons. The molecule has 1 rings (SSSR count). The van der Waals surface area contributed by atoms with Gasteiger partial charge < -0.3 is 5.32 Å². The molecule has 0 radical (unpaired) electrons. The van der Waals surface area contributed by atoms with Gasteiger partial charge in [0.05, 0.1) is 5.75 Å². The minimum atomic E-state index is -3.95. The molecular weight excluding hydrogens is 250 g/mol. The summed E-state index contributed by atoms with van der Waals surface area (Å²) in [5, 5.41) is 3.20. The quantitative estimate of drug-likeness (QED) is 0.808. The maximum atomic E-state index is 11.0. The maximum Gasteiger partial charge on any atom is 0.265 e. The van der Waals surface area contributed by atoms with Gasteiger partial charge in [0.1, 0.15) is 0 Å². The third-order valence-electron chi connectivity index (χ3n) is 2.96. The molecule has 0 aliphatic carbocycles. The van der Waals surface area contributed by atoms with Crippen molar-refractivity contribution in [3.63, 3.8) is 0 Å². The highest BCUT2D eigenvalue weighted by atomic mass is 32.2. The third kappa shape index (κ3) is 5.51. The molecule has 1 aromatic rings. The molecule has 5 heteroatoms. The molecule has 1 aromatic carbocycles. The molecular formula is C13H21NO3S. The summed E-state index contributed by atoms with van der Waals surface area (Å²) in [5.74, 6) is -0.385. The Morgan fingerprint density at radius 2 is 1.78 bits per heavy atom. The van der Waals surface area contributed by atoms with E-state index >= 15 is 0 Å². The van der Waals surface area contributed by atoms with E-state index in [4.69, 9.17) is 4.55 Å². The van der Waals surface area contributed by atoms with E-state index in [2.05, 4.69) is 5.32 Å². The highest BCUT2D eigenvalue weighted by Gasteiger charge is 2.28. The van der Waals surface area contributed by atoms with Crippen LogP contribution in [0.4, 0.5) is 5.69 Å². The van der Waals surface area contributed by atoms with Crippen LogP contribution in [0, 0.1) is 11.3 Å². The van der Waals surface area contributed by atoms with E-state index in [1.807, 2.05) is 51.1 Å². The Balaban J connectivity index is 2.69. The molecule has 0 aliphatic heterocycles. The molecule has 0 amide bonds. The highest BCUT2D eigenvalue weighted by Crippen LogP contribution is 2.27. The van der Waals surface area contributed by atoms with Gasteiger partial charge in [-0.1, -0.05) is 39.0 Å². The van der Waals surface area contributed by atoms with Gasteiger partial charge in [0.2, 0.25) is 0 Å². The monoisotopic (exact) mass is 271 g/mol. The van der Waals surface area contributed by atoms with Crippen molar-refractivity contribution in [2.75, 3.05) is 17.6 Å². The summed E-state index contributed by atoms with van der Waals surface area (Å²) in [6.45, 7) is 6.41. The molecule has 0 aromatic heterocycles. The molecule has 0 bridgehead atoms. The van der Waals surface area contributed by atoms with E-state index in [9.17, 15) is 8.42 Å². The summed E-state index contributed by atoms with van der Waals surface area (Å²) < 4.78 is 31.0. The Morgan fingerprint density at radius 3 is 2.22 bits per heavy atom. The minimum absolute atomic E-state index is 0.160. The number of anilines is 1. The summed E-state index contributed by atoms with van der Waals surface area (Å²) in [7, 11) is -3.95. The van der Waals surface area contributed by atoms with Crippen molar-refractivity contribution in [2.24, 2.45) is 11.3 Å². The van der Waals surface area contributed by atoms with Gasteiger partial charge in [0.25, 0.3) is 10.1 Å². The molecule has 4 nitrogen and oxygen atoms in total. The number of para-hydroxylation sites is 1. The summed E-state index contributed by atoms with van der Waals surface area (Å²) in [6, 6.07) is 9.60. The first-order chi connectivity index (χ1) is 8.18. The molecule has 1 atom stereocenters. The van der Waals surface area contributed by atoms with Crippen molar-refractivity contribution in [3.8, 4) is 0 Å². The van der Waals surface area contributed by atoms with Crippen LogP contribution in [-0.2, 0) is 10.1 Å². The molecule has 18 heavy (non-hydrogen) atoms. The first-order valence-electron chi connectivity index (χ1n) is 5.92. The molecule has 0 heterocycles. The molecule has 0 aliphatic rings. The molecule has 0 spiro atoms. The van der Waals surface area contributed by atoms with Crippen LogP contribution < -0.4 is 5.32 Å². The molecule has 1 unspecified atom stereocenters. The van der Waals surface area contributed by atoms with Crippen LogP contribution in [0.15, 0.2) is 30.3 Å². The second kappa shape index (κ2) is 5.71. The Kier molecular flexibility index (Phi) is 4.76. The fourth-order valence-corrected chi connectivity index (χ4v) is 2.79. The topological polar surface area (TPSA) is 66.4 Å². The van der Waals surface area contributed by atoms with Gasteiger partial charge >= 0.3 is 0 Å². The van der Waals surface area contributed by atoms with E-state index in [1.54, 1.807) is 0 Å². The first kappa shape index (κ1) is 15.0. The lowest BCUT2D eigenvalue weighted by Gasteiger charge is -2.30. The summed E-state index contributed by atoms with van der Waals surface area (Å²) in [6.07, 6.45) is 0. The number of benzene rings is 1. The Morgan fingerprint density at radius 1 is 1.22 bits per heavy atom. The molecule has 2 N–H and O–H groups in total. The first-order valence-corrected chi connectivity index (χ1v) is 7.53. The van der Waals surface area contributed by atoms with Gasteiger partial charge in [0, 0.05) is 12.2 Å². The zero-order chi connectivity index (χ0) is 13.8. The summed E-state index contributed by atoms with van der Waals surface area (Å²) in [4.78, 5) is 0. The fraction of sp³-hybridized carbons (Fsp3) is 0.538. The fourth-order valence-electron chi connectivity index (χ4n) is 1.67. The lowest BCUT2D eigenvalue weighted by molar-refractivity contribution is 0.272. The number of nitrogens with one attached hydrogen (secondary N) is 1. The Bertz CT molecular complexity index is 463. The van der Waals surface area contributed by atoms with Gasteiger partial charge in [-0.3, -0.25) is 4.55 Å². The van der Waals surface area contributed by atoms with Crippen LogP contribution in [0.3, 0.4) is 0 Å². The van der Waals surface area contributed by atoms with E-state index in [0.717, 1.165) is 5.69 Å². The third-order valence-corrected chi connectivity index (χ3v) is 3.79. The number of hydrogen-bond donors (Lipinski definition) is 2. The van der Waals surface area contributed by atoms with Crippen molar-refractivity contribution in [2.45, 2.75) is 20.8 Å². The Hall–Kier alpha value is -1.07. The standard InChI is InChI=1S/C13H21NO3S/c1-13(2,3)11(10-18(15,16)17)9-14-12-7-5-4-6-8-12/h4-8,11,14H,9-10H2,1-3H3,(H,15,16,17). The number of rotatable bonds is 5. The van der Waals surface area contributed by atoms with Gasteiger partial charge in [-0.2, -0.15) is 8.42 Å². The minimum Gasteiger partial charge on any atom is -0.385 e. The zero-order valence-electron chi connectivity index (χ0n) is 11.1. The van der Waals surface area contributed by atoms with Gasteiger partial charge in [0.15, 0.2) is 0 Å². The predicted molar refractivity (Wildman–Crippen MR) is 74.3 cm³/mol. The second-order valence-corrected chi connectivity index (χ2v) is 7.06. The summed E-state index contributed by atoms with van der Waals surface area (Å²) in [5.41, 5.74) is 0.750. The van der Waals surface area contributed by atoms with Gasteiger partial charge in [-0.25, -0.2) is 0 Å². The second-order valence-electron chi connectivity index (χ2n) is 5.56. The van der Waals surface area contributed by atoms with Gasteiger partial charge in [-0.05, 0) is 23.5 Å². The Labute approximate surface area is 109 Å². The van der Waals surface area contributed by atoms with Crippen LogP contribution >= 0.6 is 0 Å². The van der Waals surface area contributed by atoms with Crippen molar-refractivity contribution in [1.29, 1.82) is 0 Å². The largest absolute Gasteiger partial charge is 0.385 e. The lowest BCUT2D eigenvalue weighted by atomic mass is 9.82. The van der Waals surface area contributed by atoms with Crippen molar-refractivity contribution < 1.29 is 13.0 Å². The van der Waals surface area contributed by atoms with Crippen LogP contribution in [0.2, 0.25) is 0 Å². The lowest BCUT2D eigenvalue weighted by Crippen LogP contribution is -2.33. The maximum absolute atomic E-state index is 11.0. The van der Waals surface area contributed by atoms with Crippen molar-refractivity contribution in [3.05, 3.63) is 30.3 Å². The van der Waals surface area contributed by atoms with Crippen LogP contribution in [0.25, 0.3) is 0 Å². The average molecular weight is 271 g/mol. The van der Waals surface area contributed by atoms with E-state index in [-0.39, 0.29) is 17.1 Å². The molecule has 0 saturated carbocycles. The van der Waals surface area contributed by atoms with Crippen LogP contribution in [0.5, 0.6) is 0 Å². The van der Waals surface area contributed by atoms with Crippen LogP contribution in [-0.4, -0.2) is 25.3 Å². The van der Waals surface area contributed by atoms with Gasteiger partial charge in [-0.15, -0.1) is 0 Å². The van der Waals surface area contributed by atoms with Crippen molar-refractivity contribution >= 4 is 15.8 Å². The highest BCUT2D eigenvalue weighted by molar-refractivity contribution is 7.85. The normalized spacial score (nSPS) is 14.2. The van der Waals surface area contributed by atoms with E-state index in [0.29, 0.717) is 6.54 Å². The zero-order valence-corrected chi connectivity index (χ0v) is 11.9. The predicted octanol–water partition coefficient (Wildman–Crippen LogP) is 2.65.